The van der Waals surface area contributed by atoms with Crippen molar-refractivity contribution in [1.29, 1.82) is 0 Å². The zero-order valence-corrected chi connectivity index (χ0v) is 29.3. The Morgan fingerprint density at radius 2 is 0.920 bits per heavy atom. The number of hydrogen-bond donors (Lipinski definition) is 0. The fraction of sp³-hybridized carbons (Fsp3) is 0.0270. The van der Waals surface area contributed by atoms with Gasteiger partial charge in [0.1, 0.15) is 17.2 Å². The van der Waals surface area contributed by atoms with Crippen LogP contribution >= 0.6 is 24.7 Å². The highest BCUT2D eigenvalue weighted by Gasteiger charge is 2.25. The number of rotatable bonds is 13. The molecule has 0 saturated carbocycles. The Morgan fingerprint density at radius 1 is 0.480 bits per heavy atom. The van der Waals surface area contributed by atoms with Crippen LogP contribution in [-0.2, 0) is 0 Å². The molecular formula is C37H30N3O7P3. The zero-order valence-electron chi connectivity index (χ0n) is 26.6. The molecule has 0 amide bonds. The van der Waals surface area contributed by atoms with Crippen LogP contribution in [0.1, 0.15) is 0 Å². The highest BCUT2D eigenvalue weighted by atomic mass is 31.2. The van der Waals surface area contributed by atoms with Gasteiger partial charge in [-0.1, -0.05) is 95.3 Å². The lowest BCUT2D eigenvalue weighted by atomic mass is 10.2. The summed E-state index contributed by atoms with van der Waals surface area (Å²) in [5.74, 6) is 4.38. The van der Waals surface area contributed by atoms with E-state index in [9.17, 15) is 0 Å². The normalized spacial score (nSPS) is 11.4. The van der Waals surface area contributed by atoms with Crippen molar-refractivity contribution in [2.24, 2.45) is 0 Å². The molecule has 0 aliphatic heterocycles. The van der Waals surface area contributed by atoms with Gasteiger partial charge in [0.15, 0.2) is 31.5 Å². The molecule has 2 atom stereocenters. The maximum Gasteiger partial charge on any atom is 0.319 e. The second kappa shape index (κ2) is 16.1. The molecule has 0 saturated heterocycles. The van der Waals surface area contributed by atoms with Gasteiger partial charge in [0.05, 0.1) is 7.11 Å². The molecule has 0 aliphatic rings. The van der Waals surface area contributed by atoms with Gasteiger partial charge in [-0.25, -0.2) is 0 Å². The Labute approximate surface area is 292 Å². The van der Waals surface area contributed by atoms with E-state index < -0.39 is 16.2 Å². The van der Waals surface area contributed by atoms with Crippen LogP contribution in [0, 0.1) is 0 Å². The minimum Gasteiger partial charge on any atom is -0.493 e. The zero-order chi connectivity index (χ0) is 34.0. The molecule has 2 unspecified atom stereocenters. The van der Waals surface area contributed by atoms with E-state index in [-0.39, 0.29) is 0 Å². The van der Waals surface area contributed by atoms with Gasteiger partial charge < -0.3 is 32.9 Å². The fourth-order valence-electron chi connectivity index (χ4n) is 4.49. The average molecular weight is 722 g/mol. The highest BCUT2D eigenvalue weighted by Crippen LogP contribution is 2.51. The molecule has 7 rings (SSSR count). The van der Waals surface area contributed by atoms with E-state index in [4.69, 9.17) is 37.4 Å². The Bertz CT molecular complexity index is 2160. The molecule has 0 spiro atoms. The summed E-state index contributed by atoms with van der Waals surface area (Å²) in [6.07, 6.45) is 0. The van der Waals surface area contributed by atoms with Gasteiger partial charge in [-0.15, -0.1) is 4.51 Å². The SMILES string of the molecule is COc1ccc(Op2npn(Oc3ccccc3)p(Oc3ccccc3)n2Oc2ccccc2)c(Oc2ccccc2)c1Oc1ccccc1. The van der Waals surface area contributed by atoms with Crippen molar-refractivity contribution in [3.63, 3.8) is 0 Å². The monoisotopic (exact) mass is 721 g/mol. The van der Waals surface area contributed by atoms with Crippen molar-refractivity contribution in [2.45, 2.75) is 0 Å². The summed E-state index contributed by atoms with van der Waals surface area (Å²) in [7, 11) is -1.76. The first-order chi connectivity index (χ1) is 24.7. The third-order valence-electron chi connectivity index (χ3n) is 6.79. The van der Waals surface area contributed by atoms with Crippen molar-refractivity contribution in [1.82, 2.24) is 13.0 Å². The topological polar surface area (TPSA) is 87.4 Å². The third-order valence-corrected chi connectivity index (χ3v) is 11.4. The van der Waals surface area contributed by atoms with Gasteiger partial charge in [-0.05, 0) is 77.1 Å². The fourth-order valence-corrected chi connectivity index (χ4v) is 9.45. The number of hydrogen-bond acceptors (Lipinski definition) is 8. The first kappa shape index (κ1) is 32.8. The van der Waals surface area contributed by atoms with Gasteiger partial charge in [-0.3, -0.25) is 0 Å². The van der Waals surface area contributed by atoms with Crippen LogP contribution in [-0.4, -0.2) is 20.1 Å². The maximum absolute atomic E-state index is 6.77. The number of aromatic nitrogens is 3. The van der Waals surface area contributed by atoms with Crippen LogP contribution in [0.5, 0.6) is 51.7 Å². The van der Waals surface area contributed by atoms with Gasteiger partial charge in [0, 0.05) is 0 Å². The van der Waals surface area contributed by atoms with Crippen LogP contribution in [0.25, 0.3) is 0 Å². The first-order valence-corrected chi connectivity index (χ1v) is 18.5. The van der Waals surface area contributed by atoms with E-state index >= 15 is 0 Å². The average Bonchev–Trinajstić information content (AvgIpc) is 3.17. The molecule has 50 heavy (non-hydrogen) atoms. The van der Waals surface area contributed by atoms with E-state index in [2.05, 4.69) is 0 Å². The van der Waals surface area contributed by atoms with Crippen molar-refractivity contribution in [2.75, 3.05) is 7.11 Å². The van der Waals surface area contributed by atoms with Crippen LogP contribution in [0.2, 0.25) is 0 Å². The molecular weight excluding hydrogens is 691 g/mol. The molecule has 1 heterocycles. The molecule has 0 radical (unpaired) electrons. The van der Waals surface area contributed by atoms with Crippen LogP contribution < -0.4 is 32.9 Å². The summed E-state index contributed by atoms with van der Waals surface area (Å²) in [5, 5.41) is 0. The molecule has 1 aromatic heterocycles. The van der Waals surface area contributed by atoms with E-state index in [1.807, 2.05) is 152 Å². The second-order valence-corrected chi connectivity index (χ2v) is 14.6. The van der Waals surface area contributed by atoms with Gasteiger partial charge >= 0.3 is 16.2 Å². The van der Waals surface area contributed by atoms with Crippen molar-refractivity contribution >= 4 is 24.7 Å². The number of ether oxygens (including phenoxy) is 3. The number of methoxy groups -OCH3 is 1. The Balaban J connectivity index is 1.39. The van der Waals surface area contributed by atoms with Crippen LogP contribution in [0.3, 0.4) is 0 Å². The molecule has 10 nitrogen and oxygen atoms in total. The summed E-state index contributed by atoms with van der Waals surface area (Å²) in [4.78, 5) is 12.9. The minimum absolute atomic E-state index is 0.296. The lowest BCUT2D eigenvalue weighted by molar-refractivity contribution is 0.232. The third kappa shape index (κ3) is 8.08. The van der Waals surface area contributed by atoms with E-state index in [0.717, 1.165) is 0 Å². The van der Waals surface area contributed by atoms with E-state index in [0.29, 0.717) is 60.3 Å². The Hall–Kier alpha value is -5.78. The lowest BCUT2D eigenvalue weighted by Crippen LogP contribution is -2.14. The Kier molecular flexibility index (Phi) is 10.5. The van der Waals surface area contributed by atoms with Crippen molar-refractivity contribution in [3.05, 3.63) is 164 Å². The van der Waals surface area contributed by atoms with Gasteiger partial charge in [0.2, 0.25) is 11.5 Å². The molecule has 0 N–H and O–H groups in total. The van der Waals surface area contributed by atoms with Gasteiger partial charge in [-0.2, -0.15) is 0 Å². The molecule has 6 aromatic carbocycles. The summed E-state index contributed by atoms with van der Waals surface area (Å²) >= 11 is 0. The molecule has 0 fully saturated rings. The molecule has 7 aromatic rings. The maximum atomic E-state index is 6.77. The lowest BCUT2D eigenvalue weighted by Gasteiger charge is -2.22. The molecule has 250 valence electrons. The summed E-state index contributed by atoms with van der Waals surface area (Å²) in [6, 6.07) is 50.6. The van der Waals surface area contributed by atoms with Gasteiger partial charge in [0.25, 0.3) is 0 Å². The van der Waals surface area contributed by atoms with Crippen molar-refractivity contribution < 1.29 is 32.9 Å². The molecule has 0 bridgehead atoms. The summed E-state index contributed by atoms with van der Waals surface area (Å²) in [6.45, 7) is 0. The summed E-state index contributed by atoms with van der Waals surface area (Å²) in [5.41, 5.74) is 0. The van der Waals surface area contributed by atoms with Crippen molar-refractivity contribution in [3.8, 4) is 51.7 Å². The van der Waals surface area contributed by atoms with E-state index in [1.165, 1.54) is 0 Å². The highest BCUT2D eigenvalue weighted by molar-refractivity contribution is 7.56. The molecule has 13 heteroatoms. The molecule has 0 aliphatic carbocycles. The van der Waals surface area contributed by atoms with Crippen LogP contribution in [0.4, 0.5) is 0 Å². The smallest absolute Gasteiger partial charge is 0.319 e. The quantitative estimate of drug-likeness (QED) is 0.116. The first-order valence-electron chi connectivity index (χ1n) is 15.4. The largest absolute Gasteiger partial charge is 0.493 e. The second-order valence-electron chi connectivity index (χ2n) is 10.2. The number of benzene rings is 6. The predicted octanol–water partition coefficient (Wildman–Crippen LogP) is 11.3. The number of nitrogens with zero attached hydrogens (tertiary/aromatic N) is 3. The standard InChI is InChI=1S/C37H30N3O7P3/c1-41-34-27-28-35(37(43-30-19-9-3-10-20-30)36(34)42-29-17-7-2-8-18-29)47-49-38-48-39(44-31-21-11-4-12-22-31)50(46-33-25-15-6-16-26-33)40(49)45-32-23-13-5-14-24-32/h2-28H,1H3. The Morgan fingerprint density at radius 3 is 1.44 bits per heavy atom. The minimum atomic E-state index is -1.92. The van der Waals surface area contributed by atoms with E-state index in [1.54, 1.807) is 27.8 Å². The van der Waals surface area contributed by atoms with Crippen LogP contribution in [0.15, 0.2) is 164 Å². The predicted molar refractivity (Wildman–Crippen MR) is 195 cm³/mol. The summed E-state index contributed by atoms with van der Waals surface area (Å²) < 4.78 is 40.2. The number of para-hydroxylation sites is 5.